The molecule has 0 bridgehead atoms. The van der Waals surface area contributed by atoms with Crippen LogP contribution in [-0.2, 0) is 27.3 Å². The molecule has 1 atom stereocenters. The fourth-order valence-corrected chi connectivity index (χ4v) is 3.03. The second-order valence-electron chi connectivity index (χ2n) is 7.87. The molecule has 0 aromatic heterocycles. The number of hydrogen-bond donors (Lipinski definition) is 1. The zero-order valence-corrected chi connectivity index (χ0v) is 19.2. The van der Waals surface area contributed by atoms with E-state index < -0.39 is 6.10 Å². The molecule has 1 amide bonds. The Kier molecular flexibility index (Phi) is 10.3. The first-order valence-corrected chi connectivity index (χ1v) is 10.8. The van der Waals surface area contributed by atoms with Crippen LogP contribution in [0.25, 0.3) is 0 Å². The molecule has 1 N–H and O–H groups in total. The van der Waals surface area contributed by atoms with E-state index in [2.05, 4.69) is 5.32 Å². The van der Waals surface area contributed by atoms with Crippen molar-refractivity contribution in [3.63, 3.8) is 0 Å². The van der Waals surface area contributed by atoms with Crippen molar-refractivity contribution in [2.45, 2.75) is 59.0 Å². The van der Waals surface area contributed by atoms with Gasteiger partial charge in [-0.05, 0) is 57.4 Å². The third-order valence-corrected chi connectivity index (χ3v) is 4.41. The first kappa shape index (κ1) is 24.7. The molecule has 0 saturated heterocycles. The van der Waals surface area contributed by atoms with Crippen LogP contribution in [0.2, 0.25) is 0 Å². The van der Waals surface area contributed by atoms with Crippen molar-refractivity contribution in [2.24, 2.45) is 0 Å². The average molecular weight is 430 g/mol. The maximum Gasteiger partial charge on any atom is 0.251 e. The fraction of sp³-hybridized carbons (Fsp3) is 0.480. The summed E-state index contributed by atoms with van der Waals surface area (Å²) in [7, 11) is 1.62. The SMILES string of the molecule is COc1cc(CCNC(=O)C(COCc2ccccc2)OC(C)C)ccc1OC(C)C. The Labute approximate surface area is 185 Å². The van der Waals surface area contributed by atoms with Crippen LogP contribution in [0.1, 0.15) is 38.8 Å². The third-order valence-electron chi connectivity index (χ3n) is 4.41. The van der Waals surface area contributed by atoms with E-state index in [1.54, 1.807) is 7.11 Å². The molecule has 0 aliphatic carbocycles. The maximum atomic E-state index is 12.6. The zero-order chi connectivity index (χ0) is 22.6. The minimum Gasteiger partial charge on any atom is -0.493 e. The smallest absolute Gasteiger partial charge is 0.251 e. The molecule has 170 valence electrons. The van der Waals surface area contributed by atoms with Crippen molar-refractivity contribution in [3.05, 3.63) is 59.7 Å². The van der Waals surface area contributed by atoms with Gasteiger partial charge in [0.1, 0.15) is 0 Å². The van der Waals surface area contributed by atoms with E-state index in [0.717, 1.165) is 11.1 Å². The largest absolute Gasteiger partial charge is 0.493 e. The summed E-state index contributed by atoms with van der Waals surface area (Å²) in [5.41, 5.74) is 2.11. The Morgan fingerprint density at radius 2 is 1.68 bits per heavy atom. The van der Waals surface area contributed by atoms with E-state index in [1.165, 1.54) is 0 Å². The molecule has 0 aliphatic rings. The van der Waals surface area contributed by atoms with Crippen molar-refractivity contribution in [2.75, 3.05) is 20.3 Å². The van der Waals surface area contributed by atoms with Gasteiger partial charge in [-0.1, -0.05) is 36.4 Å². The van der Waals surface area contributed by atoms with Crippen LogP contribution in [0.3, 0.4) is 0 Å². The van der Waals surface area contributed by atoms with Crippen molar-refractivity contribution < 1.29 is 23.7 Å². The molecule has 6 nitrogen and oxygen atoms in total. The summed E-state index contributed by atoms with van der Waals surface area (Å²) in [4.78, 5) is 12.6. The van der Waals surface area contributed by atoms with Crippen LogP contribution in [0, 0.1) is 0 Å². The van der Waals surface area contributed by atoms with Crippen molar-refractivity contribution in [3.8, 4) is 11.5 Å². The number of benzene rings is 2. The quantitative estimate of drug-likeness (QED) is 0.518. The minimum atomic E-state index is -0.653. The Bertz CT molecular complexity index is 792. The number of rotatable bonds is 13. The van der Waals surface area contributed by atoms with E-state index >= 15 is 0 Å². The highest BCUT2D eigenvalue weighted by atomic mass is 16.5. The summed E-state index contributed by atoms with van der Waals surface area (Å²) in [5, 5.41) is 2.95. The predicted octanol–water partition coefficient (Wildman–Crippen LogP) is 4.15. The van der Waals surface area contributed by atoms with Gasteiger partial charge < -0.3 is 24.3 Å². The number of carbonyl (C=O) groups excluding carboxylic acids is 1. The van der Waals surface area contributed by atoms with E-state index in [9.17, 15) is 4.79 Å². The van der Waals surface area contributed by atoms with Crippen molar-refractivity contribution in [1.82, 2.24) is 5.32 Å². The van der Waals surface area contributed by atoms with Crippen LogP contribution in [0.5, 0.6) is 11.5 Å². The van der Waals surface area contributed by atoms with E-state index in [-0.39, 0.29) is 24.7 Å². The summed E-state index contributed by atoms with van der Waals surface area (Å²) in [6.07, 6.45) is 0.0125. The number of amides is 1. The lowest BCUT2D eigenvalue weighted by atomic mass is 10.1. The summed E-state index contributed by atoms with van der Waals surface area (Å²) >= 11 is 0. The minimum absolute atomic E-state index is 0.0704. The van der Waals surface area contributed by atoms with Crippen LogP contribution in [-0.4, -0.2) is 44.5 Å². The normalized spacial score (nSPS) is 12.1. The first-order valence-electron chi connectivity index (χ1n) is 10.8. The van der Waals surface area contributed by atoms with Gasteiger partial charge in [0.2, 0.25) is 0 Å². The Morgan fingerprint density at radius 3 is 2.32 bits per heavy atom. The van der Waals surface area contributed by atoms with Gasteiger partial charge in [-0.25, -0.2) is 0 Å². The van der Waals surface area contributed by atoms with E-state index in [1.807, 2.05) is 76.2 Å². The molecule has 6 heteroatoms. The van der Waals surface area contributed by atoms with Crippen LogP contribution < -0.4 is 14.8 Å². The lowest BCUT2D eigenvalue weighted by Gasteiger charge is -2.20. The highest BCUT2D eigenvalue weighted by molar-refractivity contribution is 5.80. The average Bonchev–Trinajstić information content (AvgIpc) is 2.74. The van der Waals surface area contributed by atoms with Gasteiger partial charge in [0, 0.05) is 6.54 Å². The topological polar surface area (TPSA) is 66.0 Å². The molecule has 2 aromatic carbocycles. The molecular weight excluding hydrogens is 394 g/mol. The lowest BCUT2D eigenvalue weighted by Crippen LogP contribution is -2.41. The van der Waals surface area contributed by atoms with Crippen molar-refractivity contribution >= 4 is 5.91 Å². The molecule has 0 aliphatic heterocycles. The maximum absolute atomic E-state index is 12.6. The van der Waals surface area contributed by atoms with Gasteiger partial charge in [0.05, 0.1) is 32.5 Å². The highest BCUT2D eigenvalue weighted by Gasteiger charge is 2.20. The number of methoxy groups -OCH3 is 1. The number of nitrogens with one attached hydrogen (secondary N) is 1. The summed E-state index contributed by atoms with van der Waals surface area (Å²) in [6, 6.07) is 15.7. The molecule has 0 radical (unpaired) electrons. The Hall–Kier alpha value is -2.57. The van der Waals surface area contributed by atoms with Gasteiger partial charge in [-0.15, -0.1) is 0 Å². The second kappa shape index (κ2) is 13.0. The highest BCUT2D eigenvalue weighted by Crippen LogP contribution is 2.29. The van der Waals surface area contributed by atoms with Gasteiger partial charge in [0.25, 0.3) is 5.91 Å². The third kappa shape index (κ3) is 8.99. The first-order chi connectivity index (χ1) is 14.9. The number of ether oxygens (including phenoxy) is 4. The molecule has 0 heterocycles. The molecule has 2 aromatic rings. The molecule has 31 heavy (non-hydrogen) atoms. The Morgan fingerprint density at radius 1 is 0.935 bits per heavy atom. The van der Waals surface area contributed by atoms with Gasteiger partial charge in [-0.3, -0.25) is 4.79 Å². The molecule has 0 fully saturated rings. The molecule has 0 spiro atoms. The van der Waals surface area contributed by atoms with Crippen LogP contribution >= 0.6 is 0 Å². The lowest BCUT2D eigenvalue weighted by molar-refractivity contribution is -0.141. The predicted molar refractivity (Wildman–Crippen MR) is 122 cm³/mol. The molecule has 1 unspecified atom stereocenters. The summed E-state index contributed by atoms with van der Waals surface area (Å²) in [5.74, 6) is 1.23. The standard InChI is InChI=1S/C25H35NO5/c1-18(2)30-22-12-11-20(15-23(22)28-5)13-14-26-25(27)24(31-19(3)4)17-29-16-21-9-7-6-8-10-21/h6-12,15,18-19,24H,13-14,16-17H2,1-5H3,(H,26,27). The summed E-state index contributed by atoms with van der Waals surface area (Å²) < 4.78 is 22.7. The summed E-state index contributed by atoms with van der Waals surface area (Å²) in [6.45, 7) is 8.90. The van der Waals surface area contributed by atoms with Gasteiger partial charge in [-0.2, -0.15) is 0 Å². The van der Waals surface area contributed by atoms with Crippen LogP contribution in [0.15, 0.2) is 48.5 Å². The van der Waals surface area contributed by atoms with Crippen LogP contribution in [0.4, 0.5) is 0 Å². The molecule has 0 saturated carbocycles. The van der Waals surface area contributed by atoms with Gasteiger partial charge in [0.15, 0.2) is 17.6 Å². The second-order valence-corrected chi connectivity index (χ2v) is 7.87. The van der Waals surface area contributed by atoms with Gasteiger partial charge >= 0.3 is 0 Å². The van der Waals surface area contributed by atoms with Crippen molar-refractivity contribution in [1.29, 1.82) is 0 Å². The monoisotopic (exact) mass is 429 g/mol. The Balaban J connectivity index is 1.85. The van der Waals surface area contributed by atoms with E-state index in [4.69, 9.17) is 18.9 Å². The van der Waals surface area contributed by atoms with E-state index in [0.29, 0.717) is 31.1 Å². The zero-order valence-electron chi connectivity index (χ0n) is 19.2. The number of hydrogen-bond acceptors (Lipinski definition) is 5. The fourth-order valence-electron chi connectivity index (χ4n) is 3.03. The molecule has 2 rings (SSSR count). The number of carbonyl (C=O) groups is 1. The molecular formula is C25H35NO5.